The number of esters is 1. The molecular weight excluding hydrogens is 216 g/mol. The van der Waals surface area contributed by atoms with E-state index in [0.717, 1.165) is 5.56 Å². The smallest absolute Gasteiger partial charge is 0.389 e. The van der Waals surface area contributed by atoms with Crippen LogP contribution in [0.5, 0.6) is 0 Å². The van der Waals surface area contributed by atoms with Gasteiger partial charge in [-0.05, 0) is 11.0 Å². The number of diazo groups is 1. The molecule has 0 saturated heterocycles. The van der Waals surface area contributed by atoms with E-state index in [-0.39, 0.29) is 17.8 Å². The van der Waals surface area contributed by atoms with E-state index in [1.54, 1.807) is 12.1 Å². The van der Waals surface area contributed by atoms with Crippen molar-refractivity contribution in [2.45, 2.75) is 32.6 Å². The maximum atomic E-state index is 11.2. The van der Waals surface area contributed by atoms with Crippen LogP contribution in [-0.2, 0) is 21.4 Å². The first-order chi connectivity index (χ1) is 7.88. The van der Waals surface area contributed by atoms with Gasteiger partial charge in [0.2, 0.25) is 5.39 Å². The van der Waals surface area contributed by atoms with Crippen molar-refractivity contribution in [3.8, 4) is 0 Å². The molecule has 0 aromatic heterocycles. The number of carbonyl (C=O) groups is 1. The maximum Gasteiger partial charge on any atom is 0.389 e. The Labute approximate surface area is 101 Å². The molecule has 4 nitrogen and oxygen atoms in total. The Morgan fingerprint density at radius 2 is 2.06 bits per heavy atom. The van der Waals surface area contributed by atoms with E-state index in [4.69, 9.17) is 5.39 Å². The largest absolute Gasteiger partial charge is 0.469 e. The van der Waals surface area contributed by atoms with Gasteiger partial charge in [0.25, 0.3) is 0 Å². The molecule has 4 heteroatoms. The molecule has 0 aliphatic heterocycles. The summed E-state index contributed by atoms with van der Waals surface area (Å²) in [5.41, 5.74) is 2.11. The fourth-order valence-electron chi connectivity index (χ4n) is 1.50. The molecule has 0 radical (unpaired) electrons. The Morgan fingerprint density at radius 3 is 2.53 bits per heavy atom. The van der Waals surface area contributed by atoms with Crippen LogP contribution in [0.3, 0.4) is 0 Å². The van der Waals surface area contributed by atoms with E-state index in [1.807, 2.05) is 6.07 Å². The quantitative estimate of drug-likeness (QED) is 0.582. The van der Waals surface area contributed by atoms with Crippen molar-refractivity contribution in [2.75, 3.05) is 7.11 Å². The molecule has 0 unspecified atom stereocenters. The third-order valence-electron chi connectivity index (χ3n) is 2.62. The number of benzene rings is 1. The minimum absolute atomic E-state index is 0.0246. The van der Waals surface area contributed by atoms with Crippen molar-refractivity contribution < 1.29 is 9.53 Å². The summed E-state index contributed by atoms with van der Waals surface area (Å²) in [5, 5.41) is 8.97. The predicted molar refractivity (Wildman–Crippen MR) is 65.6 cm³/mol. The number of methoxy groups -OCH3 is 1. The van der Waals surface area contributed by atoms with Crippen molar-refractivity contribution in [3.05, 3.63) is 34.3 Å². The number of hydrogen-bond acceptors (Lipinski definition) is 3. The molecule has 90 valence electrons. The van der Waals surface area contributed by atoms with Gasteiger partial charge in [-0.1, -0.05) is 32.9 Å². The van der Waals surface area contributed by atoms with Crippen molar-refractivity contribution in [1.82, 2.24) is 0 Å². The predicted octanol–water partition coefficient (Wildman–Crippen LogP) is 3.18. The molecule has 1 rings (SSSR count). The zero-order valence-corrected chi connectivity index (χ0v) is 10.7. The van der Waals surface area contributed by atoms with Gasteiger partial charge in [0.15, 0.2) is 4.98 Å². The fraction of sp³-hybridized carbons (Fsp3) is 0.462. The van der Waals surface area contributed by atoms with Gasteiger partial charge >= 0.3 is 11.7 Å². The summed E-state index contributed by atoms with van der Waals surface area (Å²) in [6, 6.07) is 5.53. The molecule has 0 bridgehead atoms. The molecular formula is C13H17N2O2+. The molecule has 0 atom stereocenters. The molecule has 0 amide bonds. The van der Waals surface area contributed by atoms with Gasteiger partial charge < -0.3 is 4.74 Å². The normalized spacial score (nSPS) is 10.8. The first-order valence-electron chi connectivity index (χ1n) is 5.44. The van der Waals surface area contributed by atoms with Gasteiger partial charge in [0, 0.05) is 6.07 Å². The van der Waals surface area contributed by atoms with Crippen LogP contribution in [0.4, 0.5) is 5.69 Å². The standard InChI is InChI=1S/C13H17N2O2/c1-13(2,3)10-6-5-9(7-12(16)17-4)11(8-10)15-14/h5-6,8H,7H2,1-4H3/q+1. The van der Waals surface area contributed by atoms with Crippen LogP contribution < -0.4 is 0 Å². The molecule has 17 heavy (non-hydrogen) atoms. The summed E-state index contributed by atoms with van der Waals surface area (Å²) >= 11 is 0. The lowest BCUT2D eigenvalue weighted by Gasteiger charge is -2.18. The minimum Gasteiger partial charge on any atom is -0.469 e. The maximum absolute atomic E-state index is 11.2. The Balaban J connectivity index is 3.11. The lowest BCUT2D eigenvalue weighted by molar-refractivity contribution is -0.139. The number of hydrogen-bond donors (Lipinski definition) is 0. The lowest BCUT2D eigenvalue weighted by Crippen LogP contribution is -2.11. The third-order valence-corrected chi connectivity index (χ3v) is 2.62. The van der Waals surface area contributed by atoms with E-state index in [0.29, 0.717) is 11.3 Å². The van der Waals surface area contributed by atoms with Crippen LogP contribution in [0.25, 0.3) is 4.98 Å². The Kier molecular flexibility index (Phi) is 3.84. The second-order valence-corrected chi connectivity index (χ2v) is 4.95. The van der Waals surface area contributed by atoms with E-state index >= 15 is 0 Å². The summed E-state index contributed by atoms with van der Waals surface area (Å²) < 4.78 is 4.59. The second kappa shape index (κ2) is 4.96. The van der Waals surface area contributed by atoms with Gasteiger partial charge in [-0.3, -0.25) is 4.79 Å². The molecule has 0 spiro atoms. The molecule has 0 fully saturated rings. The molecule has 0 aliphatic carbocycles. The van der Waals surface area contributed by atoms with Crippen molar-refractivity contribution in [2.24, 2.45) is 0 Å². The van der Waals surface area contributed by atoms with Crippen LogP contribution in [0, 0.1) is 5.39 Å². The summed E-state index contributed by atoms with van der Waals surface area (Å²) in [6.45, 7) is 6.22. The zero-order chi connectivity index (χ0) is 13.1. The topological polar surface area (TPSA) is 54.5 Å². The zero-order valence-electron chi connectivity index (χ0n) is 10.7. The van der Waals surface area contributed by atoms with Crippen LogP contribution in [0.15, 0.2) is 18.2 Å². The highest BCUT2D eigenvalue weighted by Gasteiger charge is 2.22. The molecule has 0 saturated carbocycles. The van der Waals surface area contributed by atoms with Crippen LogP contribution >= 0.6 is 0 Å². The molecule has 1 aromatic rings. The van der Waals surface area contributed by atoms with E-state index in [2.05, 4.69) is 30.5 Å². The SMILES string of the molecule is COC(=O)Cc1ccc(C(C)(C)C)cc1[N+]#N. The highest BCUT2D eigenvalue weighted by molar-refractivity contribution is 5.75. The third kappa shape index (κ3) is 3.28. The van der Waals surface area contributed by atoms with Crippen molar-refractivity contribution in [1.29, 1.82) is 5.39 Å². The number of ether oxygens (including phenoxy) is 1. The van der Waals surface area contributed by atoms with E-state index in [9.17, 15) is 4.79 Å². The van der Waals surface area contributed by atoms with Crippen LogP contribution in [0.2, 0.25) is 0 Å². The van der Waals surface area contributed by atoms with Gasteiger partial charge in [0.05, 0.1) is 19.1 Å². The number of rotatable bonds is 2. The average Bonchev–Trinajstić information content (AvgIpc) is 2.27. The highest BCUT2D eigenvalue weighted by Crippen LogP contribution is 2.29. The summed E-state index contributed by atoms with van der Waals surface area (Å²) in [4.78, 5) is 14.4. The number of nitrogens with zero attached hydrogens (tertiary/aromatic N) is 2. The second-order valence-electron chi connectivity index (χ2n) is 4.95. The lowest BCUT2D eigenvalue weighted by atomic mass is 9.86. The van der Waals surface area contributed by atoms with Crippen molar-refractivity contribution in [3.63, 3.8) is 0 Å². The minimum atomic E-state index is -0.349. The average molecular weight is 233 g/mol. The first kappa shape index (κ1) is 13.2. The highest BCUT2D eigenvalue weighted by atomic mass is 16.5. The summed E-state index contributed by atoms with van der Waals surface area (Å²) in [6.07, 6.45) is 0.111. The Bertz CT molecular complexity index is 467. The molecule has 0 aliphatic rings. The van der Waals surface area contributed by atoms with E-state index in [1.165, 1.54) is 7.11 Å². The molecule has 1 aromatic carbocycles. The molecule has 0 heterocycles. The monoisotopic (exact) mass is 233 g/mol. The van der Waals surface area contributed by atoms with E-state index < -0.39 is 0 Å². The van der Waals surface area contributed by atoms with Gasteiger partial charge in [-0.25, -0.2) is 0 Å². The first-order valence-corrected chi connectivity index (χ1v) is 5.44. The Morgan fingerprint density at radius 1 is 1.41 bits per heavy atom. The van der Waals surface area contributed by atoms with Crippen LogP contribution in [0.1, 0.15) is 31.9 Å². The summed E-state index contributed by atoms with van der Waals surface area (Å²) in [7, 11) is 1.33. The van der Waals surface area contributed by atoms with Gasteiger partial charge in [0.1, 0.15) is 0 Å². The van der Waals surface area contributed by atoms with Gasteiger partial charge in [-0.15, -0.1) is 0 Å². The van der Waals surface area contributed by atoms with Gasteiger partial charge in [-0.2, -0.15) is 0 Å². The fourth-order valence-corrected chi connectivity index (χ4v) is 1.50. The number of carbonyl (C=O) groups excluding carboxylic acids is 1. The summed E-state index contributed by atoms with van der Waals surface area (Å²) in [5.74, 6) is -0.349. The van der Waals surface area contributed by atoms with Crippen molar-refractivity contribution >= 4 is 11.7 Å². The Hall–Kier alpha value is -1.89. The molecule has 0 N–H and O–H groups in total. The van der Waals surface area contributed by atoms with Crippen LogP contribution in [-0.4, -0.2) is 13.1 Å².